The van der Waals surface area contributed by atoms with Gasteiger partial charge in [-0.25, -0.2) is 0 Å². The fourth-order valence-corrected chi connectivity index (χ4v) is 2.95. The van der Waals surface area contributed by atoms with Crippen LogP contribution in [0.3, 0.4) is 0 Å². The number of rotatable bonds is 7. The number of aromatic nitrogens is 1. The summed E-state index contributed by atoms with van der Waals surface area (Å²) >= 11 is 1.47. The summed E-state index contributed by atoms with van der Waals surface area (Å²) in [6.07, 6.45) is 2.26. The molecule has 1 heterocycles. The third kappa shape index (κ3) is 9.91. The van der Waals surface area contributed by atoms with E-state index in [1.165, 1.54) is 11.3 Å². The molecule has 0 saturated carbocycles. The number of carbonyl (C=O) groups excluding carboxylic acids is 1. The summed E-state index contributed by atoms with van der Waals surface area (Å²) in [7, 11) is 1.97. The van der Waals surface area contributed by atoms with Crippen molar-refractivity contribution in [2.45, 2.75) is 61.3 Å². The van der Waals surface area contributed by atoms with Crippen molar-refractivity contribution in [2.24, 2.45) is 18.0 Å². The molecule has 1 aromatic carbocycles. The topological polar surface area (TPSA) is 43.6 Å². The molecule has 4 nitrogen and oxygen atoms in total. The van der Waals surface area contributed by atoms with Crippen LogP contribution in [0.4, 0.5) is 5.69 Å². The van der Waals surface area contributed by atoms with Gasteiger partial charge in [-0.05, 0) is 37.9 Å². The Morgan fingerprint density at radius 2 is 1.96 bits per heavy atom. The zero-order valence-corrected chi connectivity index (χ0v) is 19.6. The molecule has 2 rings (SSSR count). The summed E-state index contributed by atoms with van der Waals surface area (Å²) < 4.78 is 7.35. The number of hydrogen-bond donors (Lipinski definition) is 0. The molecule has 1 atom stereocenters. The van der Waals surface area contributed by atoms with Crippen molar-refractivity contribution in [1.82, 2.24) is 4.57 Å². The third-order valence-corrected chi connectivity index (χ3v) is 5.14. The van der Waals surface area contributed by atoms with E-state index in [1.54, 1.807) is 0 Å². The molecule has 0 saturated heterocycles. The second-order valence-corrected chi connectivity index (χ2v) is 6.84. The van der Waals surface area contributed by atoms with Crippen molar-refractivity contribution >= 4 is 23.0 Å². The number of carbonyl (C=O) groups is 1. The van der Waals surface area contributed by atoms with Gasteiger partial charge in [0.05, 0.1) is 13.0 Å². The molecule has 166 valence electrons. The molecule has 28 heavy (non-hydrogen) atoms. The first-order valence-electron chi connectivity index (χ1n) is 9.33. The Labute approximate surface area is 213 Å². The van der Waals surface area contributed by atoms with Gasteiger partial charge in [-0.2, -0.15) is 5.38 Å². The van der Waals surface area contributed by atoms with Crippen LogP contribution in [0.2, 0.25) is 0 Å². The SMILES string of the molecule is C.CC.CCC(C)CCOC(=O)Cc1ccccc1N=c1s[c-]c(C)n1C.[Yb]. The Morgan fingerprint density at radius 3 is 2.54 bits per heavy atom. The second-order valence-electron chi connectivity index (χ2n) is 6.07. The Bertz CT molecular complexity index is 753. The number of nitrogens with zero attached hydrogens (tertiary/aromatic N) is 2. The van der Waals surface area contributed by atoms with E-state index >= 15 is 0 Å². The van der Waals surface area contributed by atoms with Gasteiger partial charge in [0.1, 0.15) is 0 Å². The molecular weight excluding hydrogens is 529 g/mol. The third-order valence-electron chi connectivity index (χ3n) is 4.19. The molecule has 0 aliphatic heterocycles. The minimum atomic E-state index is -0.195. The van der Waals surface area contributed by atoms with E-state index < -0.39 is 0 Å². The second kappa shape index (κ2) is 16.4. The number of ether oxygens (including phenoxy) is 1. The number of hydrogen-bond acceptors (Lipinski definition) is 4. The Kier molecular flexibility index (Phi) is 17.5. The van der Waals surface area contributed by atoms with Crippen molar-refractivity contribution in [3.05, 3.63) is 45.7 Å². The van der Waals surface area contributed by atoms with Crippen LogP contribution in [-0.2, 0) is 23.0 Å². The first-order valence-corrected chi connectivity index (χ1v) is 10.1. The monoisotopic (exact) mass is 565 g/mol. The number of aryl methyl sites for hydroxylation is 1. The summed E-state index contributed by atoms with van der Waals surface area (Å²) in [6, 6.07) is 7.71. The van der Waals surface area contributed by atoms with Gasteiger partial charge in [-0.15, -0.1) is 0 Å². The average Bonchev–Trinajstić information content (AvgIpc) is 2.97. The van der Waals surface area contributed by atoms with Crippen molar-refractivity contribution in [1.29, 1.82) is 0 Å². The van der Waals surface area contributed by atoms with Gasteiger partial charge in [-0.1, -0.05) is 65.4 Å². The quantitative estimate of drug-likeness (QED) is 0.324. The fraction of sp³-hybridized carbons (Fsp3) is 0.545. The van der Waals surface area contributed by atoms with Gasteiger partial charge in [-0.3, -0.25) is 4.79 Å². The maximum atomic E-state index is 12.1. The molecule has 2 aromatic rings. The minimum absolute atomic E-state index is 0. The minimum Gasteiger partial charge on any atom is -0.465 e. The normalized spacial score (nSPS) is 11.4. The summed E-state index contributed by atoms with van der Waals surface area (Å²) in [4.78, 5) is 17.6. The molecule has 0 spiro atoms. The predicted octanol–water partition coefficient (Wildman–Crippen LogP) is 5.61. The van der Waals surface area contributed by atoms with Gasteiger partial charge in [0.2, 0.25) is 0 Å². The first kappa shape index (κ1) is 29.8. The van der Waals surface area contributed by atoms with Crippen molar-refractivity contribution in [2.75, 3.05) is 6.61 Å². The van der Waals surface area contributed by atoms with E-state index in [4.69, 9.17) is 4.74 Å². The Hall–Kier alpha value is -0.361. The molecule has 0 aliphatic rings. The van der Waals surface area contributed by atoms with Gasteiger partial charge in [0.25, 0.3) is 0 Å². The van der Waals surface area contributed by atoms with E-state index in [0.29, 0.717) is 12.5 Å². The van der Waals surface area contributed by atoms with Gasteiger partial charge >= 0.3 is 5.97 Å². The molecule has 1 aromatic heterocycles. The number of benzene rings is 1. The van der Waals surface area contributed by atoms with Crippen LogP contribution in [0, 0.1) is 65.1 Å². The van der Waals surface area contributed by atoms with Crippen LogP contribution >= 0.6 is 11.3 Å². The van der Waals surface area contributed by atoms with Gasteiger partial charge < -0.3 is 25.6 Å². The summed E-state index contributed by atoms with van der Waals surface area (Å²) in [6.45, 7) is 10.8. The van der Waals surface area contributed by atoms with Crippen LogP contribution in [-0.4, -0.2) is 17.1 Å². The van der Waals surface area contributed by atoms with E-state index in [2.05, 4.69) is 24.2 Å². The maximum Gasteiger partial charge on any atom is 0.310 e. The number of para-hydroxylation sites is 1. The maximum absolute atomic E-state index is 12.1. The van der Waals surface area contributed by atoms with Crippen LogP contribution in [0.25, 0.3) is 0 Å². The van der Waals surface area contributed by atoms with Crippen molar-refractivity contribution in [3.8, 4) is 0 Å². The summed E-state index contributed by atoms with van der Waals surface area (Å²) in [5, 5.41) is 3.18. The van der Waals surface area contributed by atoms with Crippen molar-refractivity contribution in [3.63, 3.8) is 0 Å². The number of thiazole rings is 1. The molecule has 1 unspecified atom stereocenters. The average molecular weight is 565 g/mol. The standard InChI is InChI=1S/C19H25N2O2S.C2H6.CH4.Yb/c1-5-14(2)10-11-23-18(22)12-16-8-6-7-9-17(16)20-19-21(4)15(3)13-24-19;1-2;;/h6-9,14H,5,10-12H2,1-4H3;1-2H3;1H4;/q-1;;;. The Morgan fingerprint density at radius 1 is 1.32 bits per heavy atom. The van der Waals surface area contributed by atoms with E-state index in [9.17, 15) is 4.79 Å². The molecular formula is C22H35N2O2SYb-. The smallest absolute Gasteiger partial charge is 0.310 e. The zero-order valence-electron chi connectivity index (χ0n) is 17.1. The molecule has 6 heteroatoms. The van der Waals surface area contributed by atoms with E-state index in [-0.39, 0.29) is 66.7 Å². The van der Waals surface area contributed by atoms with Crippen LogP contribution in [0.5, 0.6) is 0 Å². The zero-order chi connectivity index (χ0) is 19.5. The van der Waals surface area contributed by atoms with Gasteiger partial charge in [0.15, 0.2) is 0 Å². The van der Waals surface area contributed by atoms with E-state index in [1.807, 2.05) is 56.7 Å². The fourth-order valence-electron chi connectivity index (χ4n) is 2.15. The summed E-state index contributed by atoms with van der Waals surface area (Å²) in [5.74, 6) is 0.387. The molecule has 0 aliphatic carbocycles. The molecule has 0 bridgehead atoms. The van der Waals surface area contributed by atoms with Crippen LogP contribution in [0.1, 0.15) is 59.2 Å². The summed E-state index contributed by atoms with van der Waals surface area (Å²) in [5.41, 5.74) is 2.74. The largest absolute Gasteiger partial charge is 0.465 e. The molecule has 0 radical (unpaired) electrons. The Balaban J connectivity index is 0. The number of esters is 1. The molecule has 0 amide bonds. The van der Waals surface area contributed by atoms with E-state index in [0.717, 1.165) is 34.6 Å². The molecule has 0 fully saturated rings. The first-order chi connectivity index (χ1) is 12.5. The van der Waals surface area contributed by atoms with Crippen LogP contribution < -0.4 is 4.80 Å². The van der Waals surface area contributed by atoms with Crippen LogP contribution in [0.15, 0.2) is 29.3 Å². The predicted molar refractivity (Wildman–Crippen MR) is 115 cm³/mol. The van der Waals surface area contributed by atoms with Gasteiger partial charge in [0, 0.05) is 57.4 Å². The molecule has 0 N–H and O–H groups in total. The van der Waals surface area contributed by atoms with Crippen molar-refractivity contribution < 1.29 is 56.5 Å².